The van der Waals surface area contributed by atoms with Crippen LogP contribution in [0.15, 0.2) is 112 Å². The highest BCUT2D eigenvalue weighted by Crippen LogP contribution is 2.41. The van der Waals surface area contributed by atoms with Crippen molar-refractivity contribution in [1.82, 2.24) is 0 Å². The molecule has 1 heterocycles. The first-order valence-electron chi connectivity index (χ1n) is 16.6. The molecule has 244 valence electrons. The van der Waals surface area contributed by atoms with Gasteiger partial charge in [0, 0.05) is 18.2 Å². The van der Waals surface area contributed by atoms with Crippen LogP contribution in [0.3, 0.4) is 0 Å². The number of aliphatic hydroxyl groups excluding tert-OH is 1. The molecule has 0 fully saturated rings. The molecular weight excluding hydrogens is 661 g/mol. The van der Waals surface area contributed by atoms with E-state index < -0.39 is 0 Å². The third kappa shape index (κ3) is 12.0. The highest BCUT2D eigenvalue weighted by molar-refractivity contribution is 5.57. The Morgan fingerprint density at radius 2 is 1.31 bits per heavy atom. The van der Waals surface area contributed by atoms with E-state index in [4.69, 9.17) is 0 Å². The van der Waals surface area contributed by atoms with Crippen LogP contribution in [-0.2, 0) is 6.54 Å². The maximum absolute atomic E-state index is 9.64. The van der Waals surface area contributed by atoms with Crippen molar-refractivity contribution in [3.63, 3.8) is 0 Å². The molecular formula is C42H58INO. The van der Waals surface area contributed by atoms with Crippen LogP contribution in [0.1, 0.15) is 112 Å². The standard InChI is InChI=1S/C42H58NO.HI/c1-32(20-22-39-35(4)17-12-25-41(39,6)7)14-10-16-34(3)30-38-31-37(24-27-43(38)28-29-44)19-11-15-33(2)21-23-40-36(5)18-13-26-42(40,8)9;/h10-11,14-16,19-24,27,30-31,44H,12-13,17-18,25-26,28-29H2,1-9H3;1H/q+1;/p-1/b16-10+,19-11+,22-20+,23-21+,32-14-,33-15+,34-30+;. The molecule has 1 aromatic heterocycles. The Morgan fingerprint density at radius 1 is 0.778 bits per heavy atom. The van der Waals surface area contributed by atoms with E-state index >= 15 is 0 Å². The molecule has 1 aromatic rings. The van der Waals surface area contributed by atoms with Crippen LogP contribution in [0.5, 0.6) is 0 Å². The summed E-state index contributed by atoms with van der Waals surface area (Å²) in [5.41, 5.74) is 12.4. The van der Waals surface area contributed by atoms with Crippen LogP contribution < -0.4 is 28.5 Å². The second kappa shape index (κ2) is 18.0. The van der Waals surface area contributed by atoms with Crippen molar-refractivity contribution < 1.29 is 33.7 Å². The van der Waals surface area contributed by atoms with Crippen molar-refractivity contribution in [2.24, 2.45) is 10.8 Å². The third-order valence-corrected chi connectivity index (χ3v) is 9.29. The van der Waals surface area contributed by atoms with Gasteiger partial charge in [-0.25, -0.2) is 0 Å². The molecule has 2 nitrogen and oxygen atoms in total. The van der Waals surface area contributed by atoms with Gasteiger partial charge >= 0.3 is 0 Å². The minimum Gasteiger partial charge on any atom is -1.00 e. The van der Waals surface area contributed by atoms with Crippen LogP contribution in [0, 0.1) is 10.8 Å². The first-order valence-corrected chi connectivity index (χ1v) is 16.6. The zero-order valence-corrected chi connectivity index (χ0v) is 31.7. The highest BCUT2D eigenvalue weighted by atomic mass is 127. The van der Waals surface area contributed by atoms with Crippen LogP contribution >= 0.6 is 0 Å². The van der Waals surface area contributed by atoms with Gasteiger partial charge in [-0.3, -0.25) is 0 Å². The summed E-state index contributed by atoms with van der Waals surface area (Å²) in [5.74, 6) is 0. The molecule has 3 rings (SSSR count). The molecule has 0 aromatic carbocycles. The lowest BCUT2D eigenvalue weighted by Crippen LogP contribution is -3.00. The largest absolute Gasteiger partial charge is 1.00 e. The van der Waals surface area contributed by atoms with Crippen LogP contribution in [0.2, 0.25) is 0 Å². The fourth-order valence-corrected chi connectivity index (χ4v) is 6.61. The van der Waals surface area contributed by atoms with E-state index in [2.05, 4.69) is 152 Å². The lowest BCUT2D eigenvalue weighted by atomic mass is 9.72. The second-order valence-electron chi connectivity index (χ2n) is 14.3. The molecule has 0 saturated carbocycles. The number of aromatic nitrogens is 1. The van der Waals surface area contributed by atoms with Gasteiger partial charge in [0.05, 0.1) is 0 Å². The SMILES string of the molecule is CC1=C(/C=C/C(C)=C\C=C\C(C)=C\c2cc(/C=C/C=C(C)/C=C/C3=C(C)CCCC3(C)C)cc[n+]2CCO)C(C)(C)CCC1.[I-]. The topological polar surface area (TPSA) is 24.1 Å². The summed E-state index contributed by atoms with van der Waals surface area (Å²) in [7, 11) is 0. The van der Waals surface area contributed by atoms with Gasteiger partial charge in [-0.15, -0.1) is 0 Å². The second-order valence-corrected chi connectivity index (χ2v) is 14.3. The molecule has 0 atom stereocenters. The molecule has 0 bridgehead atoms. The van der Waals surface area contributed by atoms with Crippen molar-refractivity contribution in [2.75, 3.05) is 6.61 Å². The van der Waals surface area contributed by atoms with Gasteiger partial charge in [0.1, 0.15) is 6.61 Å². The van der Waals surface area contributed by atoms with E-state index in [0.29, 0.717) is 6.54 Å². The van der Waals surface area contributed by atoms with Gasteiger partial charge in [-0.05, 0) is 106 Å². The summed E-state index contributed by atoms with van der Waals surface area (Å²) >= 11 is 0. The maximum Gasteiger partial charge on any atom is 0.206 e. The Morgan fingerprint density at radius 3 is 1.82 bits per heavy atom. The third-order valence-electron chi connectivity index (χ3n) is 9.29. The van der Waals surface area contributed by atoms with Gasteiger partial charge in [0.15, 0.2) is 12.7 Å². The predicted octanol–water partition coefficient (Wildman–Crippen LogP) is 8.00. The minimum atomic E-state index is 0. The molecule has 3 heteroatoms. The van der Waals surface area contributed by atoms with Crippen LogP contribution in [0.4, 0.5) is 0 Å². The quantitative estimate of drug-likeness (QED) is 0.140. The van der Waals surface area contributed by atoms with Crippen molar-refractivity contribution in [3.05, 3.63) is 123 Å². The predicted molar refractivity (Wildman–Crippen MR) is 192 cm³/mol. The van der Waals surface area contributed by atoms with E-state index in [9.17, 15) is 5.11 Å². The monoisotopic (exact) mass is 719 g/mol. The Bertz CT molecular complexity index is 1450. The number of nitrogens with zero attached hydrogens (tertiary/aromatic N) is 1. The first kappa shape index (κ1) is 38.7. The van der Waals surface area contributed by atoms with Crippen LogP contribution in [-0.4, -0.2) is 11.7 Å². The van der Waals surface area contributed by atoms with Gasteiger partial charge in [-0.2, -0.15) is 4.57 Å². The summed E-state index contributed by atoms with van der Waals surface area (Å²) in [6.45, 7) is 21.2. The summed E-state index contributed by atoms with van der Waals surface area (Å²) in [4.78, 5) is 0. The minimum absolute atomic E-state index is 0. The summed E-state index contributed by atoms with van der Waals surface area (Å²) in [5, 5.41) is 9.64. The van der Waals surface area contributed by atoms with Crippen molar-refractivity contribution in [3.8, 4) is 0 Å². The smallest absolute Gasteiger partial charge is 0.206 e. The number of hydrogen-bond donors (Lipinski definition) is 1. The fraction of sp³-hybridized carbons (Fsp3) is 0.452. The molecule has 2 aliphatic carbocycles. The molecule has 0 radical (unpaired) electrons. The Kier molecular flexibility index (Phi) is 15.5. The van der Waals surface area contributed by atoms with Gasteiger partial charge in [0.25, 0.3) is 0 Å². The van der Waals surface area contributed by atoms with Gasteiger partial charge < -0.3 is 29.1 Å². The summed E-state index contributed by atoms with van der Waals surface area (Å²) in [6, 6.07) is 4.29. The summed E-state index contributed by atoms with van der Waals surface area (Å²) in [6.07, 6.45) is 33.9. The molecule has 0 spiro atoms. The Hall–Kier alpha value is -2.50. The molecule has 0 saturated heterocycles. The molecule has 2 aliphatic rings. The number of pyridine rings is 1. The fourth-order valence-electron chi connectivity index (χ4n) is 6.61. The van der Waals surface area contributed by atoms with E-state index in [1.807, 2.05) is 0 Å². The average Bonchev–Trinajstić information content (AvgIpc) is 2.93. The van der Waals surface area contributed by atoms with E-state index in [1.165, 1.54) is 72.0 Å². The number of hydrogen-bond acceptors (Lipinski definition) is 1. The number of rotatable bonds is 11. The zero-order chi connectivity index (χ0) is 32.3. The molecule has 1 N–H and O–H groups in total. The normalized spacial score (nSPS) is 19.9. The van der Waals surface area contributed by atoms with Gasteiger partial charge in [-0.1, -0.05) is 111 Å². The van der Waals surface area contributed by atoms with E-state index in [1.54, 1.807) is 0 Å². The van der Waals surface area contributed by atoms with Crippen molar-refractivity contribution >= 4 is 12.2 Å². The molecule has 0 amide bonds. The average molecular weight is 720 g/mol. The number of aliphatic hydroxyl groups is 1. The summed E-state index contributed by atoms with van der Waals surface area (Å²) < 4.78 is 2.10. The molecule has 0 unspecified atom stereocenters. The number of allylic oxidation sites excluding steroid dienone is 16. The zero-order valence-electron chi connectivity index (χ0n) is 29.5. The number of halogens is 1. The molecule has 45 heavy (non-hydrogen) atoms. The lowest BCUT2D eigenvalue weighted by Gasteiger charge is -2.33. The van der Waals surface area contributed by atoms with Crippen molar-refractivity contribution in [1.29, 1.82) is 0 Å². The van der Waals surface area contributed by atoms with Gasteiger partial charge in [0.2, 0.25) is 5.69 Å². The Balaban J connectivity index is 0.00000705. The van der Waals surface area contributed by atoms with Crippen molar-refractivity contribution in [2.45, 2.75) is 107 Å². The highest BCUT2D eigenvalue weighted by Gasteiger charge is 2.27. The maximum atomic E-state index is 9.64. The molecule has 0 aliphatic heterocycles. The Labute approximate surface area is 292 Å². The first-order chi connectivity index (χ1) is 20.8. The lowest BCUT2D eigenvalue weighted by molar-refractivity contribution is -0.699. The van der Waals surface area contributed by atoms with Crippen LogP contribution in [0.25, 0.3) is 12.2 Å². The van der Waals surface area contributed by atoms with E-state index in [0.717, 1.165) is 16.8 Å². The van der Waals surface area contributed by atoms with E-state index in [-0.39, 0.29) is 41.4 Å².